The standard InChI is InChI=1S/C19H26N4O3S/c1-16-14-17(2)23(21-16)12-7-11-20-19(24)15-22(3)27(25,26)13-10-18-8-5-4-6-9-18/h4-6,8-10,13-14H,7,11-12,15H2,1-3H3,(H,20,24)/b13-10+. The Hall–Kier alpha value is -2.45. The molecule has 2 rings (SSSR count). The van der Waals surface area contributed by atoms with E-state index in [0.29, 0.717) is 13.1 Å². The number of nitrogens with zero attached hydrogens (tertiary/aromatic N) is 3. The minimum absolute atomic E-state index is 0.221. The first kappa shape index (κ1) is 20.9. The summed E-state index contributed by atoms with van der Waals surface area (Å²) in [5.74, 6) is -0.331. The molecule has 0 spiro atoms. The molecule has 1 aromatic carbocycles. The summed E-state index contributed by atoms with van der Waals surface area (Å²) >= 11 is 0. The molecule has 1 N–H and O–H groups in total. The highest BCUT2D eigenvalue weighted by atomic mass is 32.2. The van der Waals surface area contributed by atoms with Crippen LogP contribution >= 0.6 is 0 Å². The van der Waals surface area contributed by atoms with E-state index in [9.17, 15) is 13.2 Å². The van der Waals surface area contributed by atoms with E-state index in [0.717, 1.165) is 33.1 Å². The molecule has 146 valence electrons. The van der Waals surface area contributed by atoms with E-state index in [2.05, 4.69) is 10.4 Å². The van der Waals surface area contributed by atoms with Gasteiger partial charge in [0, 0.05) is 31.2 Å². The first-order chi connectivity index (χ1) is 12.8. The first-order valence-electron chi connectivity index (χ1n) is 8.75. The van der Waals surface area contributed by atoms with Crippen LogP contribution in [0, 0.1) is 13.8 Å². The summed E-state index contributed by atoms with van der Waals surface area (Å²) in [5.41, 5.74) is 2.82. The molecule has 7 nitrogen and oxygen atoms in total. The van der Waals surface area contributed by atoms with Crippen molar-refractivity contribution in [2.24, 2.45) is 0 Å². The Bertz CT molecular complexity index is 889. The van der Waals surface area contributed by atoms with E-state index in [4.69, 9.17) is 0 Å². The van der Waals surface area contributed by atoms with Crippen molar-refractivity contribution in [1.82, 2.24) is 19.4 Å². The van der Waals surface area contributed by atoms with Gasteiger partial charge in [-0.1, -0.05) is 30.3 Å². The van der Waals surface area contributed by atoms with Gasteiger partial charge in [0.25, 0.3) is 0 Å². The van der Waals surface area contributed by atoms with Crippen molar-refractivity contribution >= 4 is 22.0 Å². The number of rotatable bonds is 9. The lowest BCUT2D eigenvalue weighted by Gasteiger charge is -2.14. The highest BCUT2D eigenvalue weighted by molar-refractivity contribution is 7.92. The largest absolute Gasteiger partial charge is 0.355 e. The molecular weight excluding hydrogens is 364 g/mol. The van der Waals surface area contributed by atoms with Gasteiger partial charge in [-0.25, -0.2) is 8.42 Å². The monoisotopic (exact) mass is 390 g/mol. The maximum absolute atomic E-state index is 12.2. The van der Waals surface area contributed by atoms with Crippen LogP contribution in [0.15, 0.2) is 41.8 Å². The Morgan fingerprint density at radius 1 is 1.26 bits per heavy atom. The van der Waals surface area contributed by atoms with Crippen LogP contribution in [0.2, 0.25) is 0 Å². The van der Waals surface area contributed by atoms with E-state index in [1.54, 1.807) is 0 Å². The molecule has 0 aliphatic rings. The summed E-state index contributed by atoms with van der Waals surface area (Å²) in [6.07, 6.45) is 2.23. The second kappa shape index (κ2) is 9.48. The molecule has 0 aliphatic heterocycles. The molecule has 0 saturated heterocycles. The molecule has 0 aliphatic carbocycles. The second-order valence-electron chi connectivity index (χ2n) is 6.37. The Morgan fingerprint density at radius 2 is 1.96 bits per heavy atom. The summed E-state index contributed by atoms with van der Waals surface area (Å²) in [4.78, 5) is 12.0. The van der Waals surface area contributed by atoms with E-state index in [1.807, 2.05) is 54.9 Å². The molecule has 2 aromatic rings. The summed E-state index contributed by atoms with van der Waals surface area (Å²) in [6, 6.07) is 11.1. The fourth-order valence-electron chi connectivity index (χ4n) is 2.54. The average Bonchev–Trinajstić information content (AvgIpc) is 2.95. The molecule has 1 aromatic heterocycles. The zero-order valence-corrected chi connectivity index (χ0v) is 16.7. The van der Waals surface area contributed by atoms with Crippen molar-refractivity contribution in [1.29, 1.82) is 0 Å². The Kier molecular flexibility index (Phi) is 7.32. The number of sulfonamides is 1. The molecule has 1 amide bonds. The molecule has 8 heteroatoms. The minimum Gasteiger partial charge on any atom is -0.355 e. The van der Waals surface area contributed by atoms with Crippen LogP contribution in [0.25, 0.3) is 6.08 Å². The van der Waals surface area contributed by atoms with Gasteiger partial charge < -0.3 is 5.32 Å². The van der Waals surface area contributed by atoms with Crippen LogP contribution in [0.4, 0.5) is 0 Å². The van der Waals surface area contributed by atoms with Crippen molar-refractivity contribution in [3.8, 4) is 0 Å². The van der Waals surface area contributed by atoms with Crippen molar-refractivity contribution in [3.05, 3.63) is 58.8 Å². The minimum atomic E-state index is -3.65. The van der Waals surface area contributed by atoms with E-state index in [1.165, 1.54) is 13.1 Å². The Balaban J connectivity index is 1.77. The van der Waals surface area contributed by atoms with Gasteiger partial charge in [0.2, 0.25) is 15.9 Å². The van der Waals surface area contributed by atoms with Gasteiger partial charge in [-0.05, 0) is 38.0 Å². The van der Waals surface area contributed by atoms with E-state index < -0.39 is 10.0 Å². The summed E-state index contributed by atoms with van der Waals surface area (Å²) in [6.45, 7) is 4.87. The van der Waals surface area contributed by atoms with Gasteiger partial charge in [-0.15, -0.1) is 0 Å². The maximum atomic E-state index is 12.2. The number of hydrogen-bond acceptors (Lipinski definition) is 4. The van der Waals surface area contributed by atoms with Crippen LogP contribution in [0.5, 0.6) is 0 Å². The van der Waals surface area contributed by atoms with Gasteiger partial charge in [0.1, 0.15) is 0 Å². The van der Waals surface area contributed by atoms with Crippen molar-refractivity contribution < 1.29 is 13.2 Å². The van der Waals surface area contributed by atoms with Gasteiger partial charge in [-0.2, -0.15) is 9.40 Å². The van der Waals surface area contributed by atoms with Crippen molar-refractivity contribution in [2.45, 2.75) is 26.8 Å². The summed E-state index contributed by atoms with van der Waals surface area (Å²) in [7, 11) is -2.26. The smallest absolute Gasteiger partial charge is 0.236 e. The molecule has 0 bridgehead atoms. The van der Waals surface area contributed by atoms with Gasteiger partial charge >= 0.3 is 0 Å². The molecule has 0 saturated carbocycles. The highest BCUT2D eigenvalue weighted by Gasteiger charge is 2.17. The zero-order valence-electron chi connectivity index (χ0n) is 15.9. The SMILES string of the molecule is Cc1cc(C)n(CCCNC(=O)CN(C)S(=O)(=O)/C=C/c2ccccc2)n1. The van der Waals surface area contributed by atoms with Gasteiger partial charge in [-0.3, -0.25) is 9.48 Å². The molecular formula is C19H26N4O3S. The zero-order chi connectivity index (χ0) is 19.9. The number of hydrogen-bond donors (Lipinski definition) is 1. The summed E-state index contributed by atoms with van der Waals surface area (Å²) in [5, 5.41) is 8.22. The van der Waals surface area contributed by atoms with Crippen LogP contribution < -0.4 is 5.32 Å². The predicted molar refractivity (Wildman–Crippen MR) is 106 cm³/mol. The fourth-order valence-corrected chi connectivity index (χ4v) is 3.37. The Labute approximate surface area is 160 Å². The number of amides is 1. The third kappa shape index (κ3) is 6.65. The maximum Gasteiger partial charge on any atom is 0.236 e. The number of nitrogens with one attached hydrogen (secondary N) is 1. The first-order valence-corrected chi connectivity index (χ1v) is 10.3. The van der Waals surface area contributed by atoms with E-state index >= 15 is 0 Å². The second-order valence-corrected chi connectivity index (χ2v) is 8.29. The molecule has 0 radical (unpaired) electrons. The lowest BCUT2D eigenvalue weighted by Crippen LogP contribution is -2.38. The third-order valence-corrected chi connectivity index (χ3v) is 5.48. The number of aryl methyl sites for hydroxylation is 3. The number of benzene rings is 1. The lowest BCUT2D eigenvalue weighted by atomic mass is 10.2. The van der Waals surface area contributed by atoms with Crippen molar-refractivity contribution in [2.75, 3.05) is 20.1 Å². The van der Waals surface area contributed by atoms with Crippen LogP contribution in [0.3, 0.4) is 0 Å². The third-order valence-electron chi connectivity index (χ3n) is 4.00. The van der Waals surface area contributed by atoms with E-state index in [-0.39, 0.29) is 12.5 Å². The van der Waals surface area contributed by atoms with Crippen LogP contribution in [-0.4, -0.2) is 48.5 Å². The number of carbonyl (C=O) groups excluding carboxylic acids is 1. The molecule has 27 heavy (non-hydrogen) atoms. The topological polar surface area (TPSA) is 84.3 Å². The Morgan fingerprint density at radius 3 is 2.59 bits per heavy atom. The number of likely N-dealkylation sites (N-methyl/N-ethyl adjacent to an activating group) is 1. The average molecular weight is 391 g/mol. The number of carbonyl (C=O) groups is 1. The highest BCUT2D eigenvalue weighted by Crippen LogP contribution is 2.06. The van der Waals surface area contributed by atoms with Crippen LogP contribution in [-0.2, 0) is 21.4 Å². The molecule has 0 unspecified atom stereocenters. The van der Waals surface area contributed by atoms with Crippen LogP contribution in [0.1, 0.15) is 23.4 Å². The predicted octanol–water partition coefficient (Wildman–Crippen LogP) is 1.94. The van der Waals surface area contributed by atoms with Crippen molar-refractivity contribution in [3.63, 3.8) is 0 Å². The summed E-state index contributed by atoms with van der Waals surface area (Å²) < 4.78 is 27.4. The lowest BCUT2D eigenvalue weighted by molar-refractivity contribution is -0.121. The normalized spacial score (nSPS) is 12.0. The molecule has 0 fully saturated rings. The fraction of sp³-hybridized carbons (Fsp3) is 0.368. The number of aromatic nitrogens is 2. The quantitative estimate of drug-likeness (QED) is 0.663. The van der Waals surface area contributed by atoms with Gasteiger partial charge in [0.05, 0.1) is 12.2 Å². The molecule has 0 atom stereocenters. The van der Waals surface area contributed by atoms with Gasteiger partial charge in [0.15, 0.2) is 0 Å². The molecule has 1 heterocycles.